The smallest absolute Gasteiger partial charge is 0.0273 e. The molecule has 1 aromatic heterocycles. The van der Waals surface area contributed by atoms with Gasteiger partial charge < -0.3 is 11.1 Å². The van der Waals surface area contributed by atoms with Crippen LogP contribution >= 0.6 is 0 Å². The summed E-state index contributed by atoms with van der Waals surface area (Å²) in [7, 11) is 0. The first kappa shape index (κ1) is 15.8. The molecule has 3 nitrogen and oxygen atoms in total. The average molecular weight is 207 g/mol. The Kier molecular flexibility index (Phi) is 13.0. The van der Waals surface area contributed by atoms with Crippen LogP contribution in [0.15, 0.2) is 30.7 Å². The Balaban J connectivity index is 0. The van der Waals surface area contributed by atoms with Crippen molar-refractivity contribution in [2.75, 3.05) is 0 Å². The van der Waals surface area contributed by atoms with Gasteiger partial charge in [0.25, 0.3) is 0 Å². The minimum atomic E-state index is 0.701. The lowest BCUT2D eigenvalue weighted by Gasteiger charge is -1.96. The summed E-state index contributed by atoms with van der Waals surface area (Å²) in [6, 6.07) is 3.62. The van der Waals surface area contributed by atoms with Crippen LogP contribution in [0.25, 0.3) is 5.57 Å². The molecule has 0 saturated heterocycles. The normalized spacial score (nSPS) is 8.93. The first-order valence-corrected chi connectivity index (χ1v) is 5.21. The van der Waals surface area contributed by atoms with E-state index >= 15 is 0 Å². The molecule has 3 N–H and O–H groups in total. The van der Waals surface area contributed by atoms with Gasteiger partial charge in [0.2, 0.25) is 0 Å². The lowest BCUT2D eigenvalue weighted by molar-refractivity contribution is 1.32. The average Bonchev–Trinajstić information content (AvgIpc) is 2.37. The third-order valence-electron chi connectivity index (χ3n) is 1.35. The van der Waals surface area contributed by atoms with E-state index in [1.807, 2.05) is 39.8 Å². The molecule has 0 aliphatic carbocycles. The van der Waals surface area contributed by atoms with E-state index in [9.17, 15) is 0 Å². The van der Waals surface area contributed by atoms with E-state index in [-0.39, 0.29) is 0 Å². The van der Waals surface area contributed by atoms with Crippen molar-refractivity contribution in [2.45, 2.75) is 27.7 Å². The van der Waals surface area contributed by atoms with E-state index in [1.54, 1.807) is 12.4 Å². The number of nitrogens with one attached hydrogen (secondary N) is 1. The van der Waals surface area contributed by atoms with Crippen molar-refractivity contribution in [2.24, 2.45) is 5.73 Å². The zero-order valence-corrected chi connectivity index (χ0v) is 9.99. The second kappa shape index (κ2) is 12.4. The van der Waals surface area contributed by atoms with Gasteiger partial charge in [-0.2, -0.15) is 0 Å². The number of allylic oxidation sites excluding steroid dienone is 1. The molecule has 0 saturated carbocycles. The number of nitrogens with two attached hydrogens (primary N) is 1. The maximum absolute atomic E-state index is 7.00. The molecule has 0 aromatic carbocycles. The van der Waals surface area contributed by atoms with Gasteiger partial charge in [-0.3, -0.25) is 4.98 Å². The second-order valence-corrected chi connectivity index (χ2v) is 2.00. The van der Waals surface area contributed by atoms with Crippen molar-refractivity contribution in [1.82, 2.24) is 4.98 Å². The third kappa shape index (κ3) is 6.43. The number of aromatic nitrogens is 1. The fraction of sp³-hybridized carbons (Fsp3) is 0.333. The first-order chi connectivity index (χ1) is 7.38. The summed E-state index contributed by atoms with van der Waals surface area (Å²) < 4.78 is 0. The standard InChI is InChI=1S/C8H9N3.2C2H6/c9-5-8(6-10)7-1-3-11-4-2-7;2*1-2/h1-6,9H,10H2;2*1-2H3/b8-6+,9-5?;;. The summed E-state index contributed by atoms with van der Waals surface area (Å²) in [4.78, 5) is 3.85. The van der Waals surface area contributed by atoms with E-state index in [0.29, 0.717) is 5.57 Å². The lowest BCUT2D eigenvalue weighted by atomic mass is 10.1. The van der Waals surface area contributed by atoms with Crippen molar-refractivity contribution in [3.8, 4) is 0 Å². The van der Waals surface area contributed by atoms with Gasteiger partial charge in [0.05, 0.1) is 0 Å². The van der Waals surface area contributed by atoms with Gasteiger partial charge in [-0.1, -0.05) is 27.7 Å². The molecule has 0 unspecified atom stereocenters. The molecule has 0 amide bonds. The Hall–Kier alpha value is -1.64. The van der Waals surface area contributed by atoms with Crippen LogP contribution in [0.2, 0.25) is 0 Å². The van der Waals surface area contributed by atoms with Crippen LogP contribution in [0, 0.1) is 5.41 Å². The van der Waals surface area contributed by atoms with Crippen molar-refractivity contribution in [3.05, 3.63) is 36.3 Å². The summed E-state index contributed by atoms with van der Waals surface area (Å²) in [5.74, 6) is 0. The highest BCUT2D eigenvalue weighted by Crippen LogP contribution is 2.07. The summed E-state index contributed by atoms with van der Waals surface area (Å²) in [6.07, 6.45) is 5.96. The molecule has 1 heterocycles. The predicted molar refractivity (Wildman–Crippen MR) is 67.9 cm³/mol. The van der Waals surface area contributed by atoms with Gasteiger partial charge >= 0.3 is 0 Å². The Labute approximate surface area is 92.6 Å². The van der Waals surface area contributed by atoms with Gasteiger partial charge in [-0.15, -0.1) is 0 Å². The summed E-state index contributed by atoms with van der Waals surface area (Å²) in [5, 5.41) is 7.00. The Bertz CT molecular complexity index is 265. The van der Waals surface area contributed by atoms with Gasteiger partial charge in [-0.25, -0.2) is 0 Å². The molecular weight excluding hydrogens is 186 g/mol. The van der Waals surface area contributed by atoms with Crippen LogP contribution in [0.5, 0.6) is 0 Å². The van der Waals surface area contributed by atoms with Crippen LogP contribution in [-0.2, 0) is 0 Å². The van der Waals surface area contributed by atoms with E-state index < -0.39 is 0 Å². The maximum Gasteiger partial charge on any atom is 0.0273 e. The molecule has 0 aliphatic heterocycles. The minimum Gasteiger partial charge on any atom is -0.404 e. The quantitative estimate of drug-likeness (QED) is 0.732. The number of rotatable bonds is 2. The summed E-state index contributed by atoms with van der Waals surface area (Å²) in [6.45, 7) is 8.00. The van der Waals surface area contributed by atoms with Crippen molar-refractivity contribution < 1.29 is 0 Å². The van der Waals surface area contributed by atoms with Crippen molar-refractivity contribution in [3.63, 3.8) is 0 Å². The third-order valence-corrected chi connectivity index (χ3v) is 1.35. The number of hydrogen-bond acceptors (Lipinski definition) is 3. The molecule has 0 bridgehead atoms. The fourth-order valence-electron chi connectivity index (χ4n) is 0.772. The topological polar surface area (TPSA) is 62.8 Å². The van der Waals surface area contributed by atoms with Crippen molar-refractivity contribution >= 4 is 11.8 Å². The van der Waals surface area contributed by atoms with Crippen LogP contribution in [0.4, 0.5) is 0 Å². The van der Waals surface area contributed by atoms with E-state index in [1.165, 1.54) is 12.4 Å². The first-order valence-electron chi connectivity index (χ1n) is 5.21. The molecular formula is C12H21N3. The molecule has 15 heavy (non-hydrogen) atoms. The molecule has 1 rings (SSSR count). The molecule has 84 valence electrons. The predicted octanol–water partition coefficient (Wildman–Crippen LogP) is 3.08. The summed E-state index contributed by atoms with van der Waals surface area (Å²) in [5.41, 5.74) is 6.90. The molecule has 1 aromatic rings. The molecule has 3 heteroatoms. The monoisotopic (exact) mass is 207 g/mol. The summed E-state index contributed by atoms with van der Waals surface area (Å²) >= 11 is 0. The highest BCUT2D eigenvalue weighted by atomic mass is 14.6. The van der Waals surface area contributed by atoms with E-state index in [4.69, 9.17) is 11.1 Å². The Morgan fingerprint density at radius 1 is 1.20 bits per heavy atom. The number of nitrogens with zero attached hydrogens (tertiary/aromatic N) is 1. The highest BCUT2D eigenvalue weighted by Gasteiger charge is 1.93. The van der Waals surface area contributed by atoms with Crippen molar-refractivity contribution in [1.29, 1.82) is 5.41 Å². The highest BCUT2D eigenvalue weighted by molar-refractivity contribution is 6.07. The maximum atomic E-state index is 7.00. The second-order valence-electron chi connectivity index (χ2n) is 2.00. The van der Waals surface area contributed by atoms with Gasteiger partial charge in [0, 0.05) is 30.4 Å². The van der Waals surface area contributed by atoms with Gasteiger partial charge in [-0.05, 0) is 17.7 Å². The fourth-order valence-corrected chi connectivity index (χ4v) is 0.772. The zero-order valence-electron chi connectivity index (χ0n) is 9.99. The van der Waals surface area contributed by atoms with Gasteiger partial charge in [0.1, 0.15) is 0 Å². The van der Waals surface area contributed by atoms with Crippen LogP contribution in [-0.4, -0.2) is 11.2 Å². The zero-order chi connectivity index (χ0) is 12.1. The SMILES string of the molecule is CC.CC.N=C/C(=C\N)c1ccncc1. The molecule has 0 aliphatic rings. The van der Waals surface area contributed by atoms with Gasteiger partial charge in [0.15, 0.2) is 0 Å². The molecule has 0 radical (unpaired) electrons. The Morgan fingerprint density at radius 3 is 2.00 bits per heavy atom. The van der Waals surface area contributed by atoms with Crippen LogP contribution in [0.3, 0.4) is 0 Å². The van der Waals surface area contributed by atoms with Crippen LogP contribution in [0.1, 0.15) is 33.3 Å². The van der Waals surface area contributed by atoms with E-state index in [0.717, 1.165) is 5.56 Å². The van der Waals surface area contributed by atoms with Crippen LogP contribution < -0.4 is 5.73 Å². The van der Waals surface area contributed by atoms with E-state index in [2.05, 4.69) is 4.98 Å². The molecule has 0 atom stereocenters. The lowest BCUT2D eigenvalue weighted by Crippen LogP contribution is -1.89. The minimum absolute atomic E-state index is 0.701. The largest absolute Gasteiger partial charge is 0.404 e. The number of pyridine rings is 1. The molecule has 0 spiro atoms. The molecule has 0 fully saturated rings. The Morgan fingerprint density at radius 2 is 1.67 bits per heavy atom. The number of hydrogen-bond donors (Lipinski definition) is 2.